The van der Waals surface area contributed by atoms with Gasteiger partial charge in [0.2, 0.25) is 10.0 Å². The fourth-order valence-corrected chi connectivity index (χ4v) is 6.88. The summed E-state index contributed by atoms with van der Waals surface area (Å²) in [5.41, 5.74) is 3.30. The Kier molecular flexibility index (Phi) is 7.61. The summed E-state index contributed by atoms with van der Waals surface area (Å²) in [5.74, 6) is -0.0563. The number of sulfonamides is 1. The molecule has 1 aliphatic rings. The molecule has 0 aliphatic carbocycles. The van der Waals surface area contributed by atoms with Crippen molar-refractivity contribution in [1.29, 1.82) is 0 Å². The summed E-state index contributed by atoms with van der Waals surface area (Å²) in [4.78, 5) is 15.6. The molecule has 196 valence electrons. The predicted molar refractivity (Wildman–Crippen MR) is 153 cm³/mol. The van der Waals surface area contributed by atoms with Crippen molar-refractivity contribution in [2.24, 2.45) is 5.92 Å². The number of hydrogen-bond acceptors (Lipinski definition) is 4. The summed E-state index contributed by atoms with van der Waals surface area (Å²) in [6, 6.07) is 28.2. The lowest BCUT2D eigenvalue weighted by molar-refractivity contribution is 0.102. The van der Waals surface area contributed by atoms with Gasteiger partial charge in [0, 0.05) is 47.7 Å². The van der Waals surface area contributed by atoms with E-state index in [1.165, 1.54) is 5.56 Å². The van der Waals surface area contributed by atoms with Gasteiger partial charge >= 0.3 is 0 Å². The van der Waals surface area contributed by atoms with Gasteiger partial charge in [0.25, 0.3) is 5.91 Å². The predicted octanol–water partition coefficient (Wildman–Crippen LogP) is 5.59. The van der Waals surface area contributed by atoms with E-state index >= 15 is 0 Å². The molecule has 0 bridgehead atoms. The number of fused-ring (bicyclic) bond motifs is 1. The first-order chi connectivity index (χ1) is 18.3. The van der Waals surface area contributed by atoms with Crippen LogP contribution < -0.4 is 10.0 Å². The molecule has 4 aromatic carbocycles. The SMILES string of the molecule is Cc1ccccc1C(=O)Nc1ccc(S(=O)(=O)N[C@@H]2CCN(Cc3ccccc3)C[C@H]2C)c2ccccc12. The number of likely N-dealkylation sites (tertiary alicyclic amines) is 1. The second-order valence-corrected chi connectivity index (χ2v) is 11.8. The van der Waals surface area contributed by atoms with Crippen LogP contribution in [0.15, 0.2) is 95.9 Å². The van der Waals surface area contributed by atoms with Gasteiger partial charge < -0.3 is 5.32 Å². The number of anilines is 1. The minimum atomic E-state index is -3.78. The van der Waals surface area contributed by atoms with Gasteiger partial charge in [-0.2, -0.15) is 0 Å². The highest BCUT2D eigenvalue weighted by Crippen LogP contribution is 2.31. The maximum atomic E-state index is 13.6. The van der Waals surface area contributed by atoms with E-state index in [1.807, 2.05) is 61.5 Å². The van der Waals surface area contributed by atoms with Crippen LogP contribution in [-0.4, -0.2) is 38.4 Å². The minimum absolute atomic E-state index is 0.147. The second kappa shape index (κ2) is 11.1. The van der Waals surface area contributed by atoms with Crippen molar-refractivity contribution in [3.63, 3.8) is 0 Å². The highest BCUT2D eigenvalue weighted by atomic mass is 32.2. The zero-order chi connectivity index (χ0) is 26.7. The normalized spacial score (nSPS) is 18.4. The fourth-order valence-electron chi connectivity index (χ4n) is 5.29. The summed E-state index contributed by atoms with van der Waals surface area (Å²) in [6.45, 7) is 6.52. The number of nitrogens with one attached hydrogen (secondary N) is 2. The van der Waals surface area contributed by atoms with Crippen molar-refractivity contribution < 1.29 is 13.2 Å². The number of carbonyl (C=O) groups excluding carboxylic acids is 1. The van der Waals surface area contributed by atoms with Crippen LogP contribution >= 0.6 is 0 Å². The van der Waals surface area contributed by atoms with Gasteiger partial charge in [0.1, 0.15) is 0 Å². The van der Waals surface area contributed by atoms with Gasteiger partial charge in [-0.3, -0.25) is 9.69 Å². The first-order valence-corrected chi connectivity index (χ1v) is 14.5. The Labute approximate surface area is 224 Å². The average Bonchev–Trinajstić information content (AvgIpc) is 2.91. The number of rotatable bonds is 7. The Morgan fingerprint density at radius 3 is 2.32 bits per heavy atom. The third-order valence-corrected chi connectivity index (χ3v) is 8.90. The molecule has 38 heavy (non-hydrogen) atoms. The van der Waals surface area contributed by atoms with E-state index in [9.17, 15) is 13.2 Å². The van der Waals surface area contributed by atoms with Crippen LogP contribution in [-0.2, 0) is 16.6 Å². The van der Waals surface area contributed by atoms with Crippen molar-refractivity contribution in [1.82, 2.24) is 9.62 Å². The quantitative estimate of drug-likeness (QED) is 0.328. The first kappa shape index (κ1) is 26.1. The number of amides is 1. The number of piperidine rings is 1. The molecular weight excluding hydrogens is 494 g/mol. The van der Waals surface area contributed by atoms with Crippen LogP contribution in [0.2, 0.25) is 0 Å². The maximum Gasteiger partial charge on any atom is 0.255 e. The molecule has 0 radical (unpaired) electrons. The lowest BCUT2D eigenvalue weighted by atomic mass is 9.94. The van der Waals surface area contributed by atoms with E-state index in [0.717, 1.165) is 31.6 Å². The number of hydrogen-bond donors (Lipinski definition) is 2. The molecular formula is C31H33N3O3S. The standard InChI is InChI=1S/C31H33N3O3S/c1-22-10-6-7-13-25(22)31(35)32-29-16-17-30(27-15-9-8-14-26(27)29)38(36,37)33-28-18-19-34(20-23(28)2)21-24-11-4-3-5-12-24/h3-17,23,28,33H,18-21H2,1-2H3,(H,32,35)/t23-,28-/m1/s1. The van der Waals surface area contributed by atoms with Crippen molar-refractivity contribution in [3.8, 4) is 0 Å². The van der Waals surface area contributed by atoms with Crippen LogP contribution in [0.4, 0.5) is 5.69 Å². The van der Waals surface area contributed by atoms with E-state index in [-0.39, 0.29) is 22.8 Å². The van der Waals surface area contributed by atoms with Gasteiger partial charge in [0.05, 0.1) is 4.90 Å². The lowest BCUT2D eigenvalue weighted by Crippen LogP contribution is -2.49. The summed E-state index contributed by atoms with van der Waals surface area (Å²) >= 11 is 0. The van der Waals surface area contributed by atoms with Crippen molar-refractivity contribution in [2.75, 3.05) is 18.4 Å². The smallest absolute Gasteiger partial charge is 0.255 e. The molecule has 0 unspecified atom stereocenters. The minimum Gasteiger partial charge on any atom is -0.321 e. The molecule has 1 aliphatic heterocycles. The summed E-state index contributed by atoms with van der Waals surface area (Å²) in [5, 5.41) is 4.24. The molecule has 5 rings (SSSR count). The van der Waals surface area contributed by atoms with Crippen LogP contribution in [0, 0.1) is 12.8 Å². The van der Waals surface area contributed by atoms with Crippen LogP contribution in [0.3, 0.4) is 0 Å². The molecule has 7 heteroatoms. The molecule has 0 spiro atoms. The topological polar surface area (TPSA) is 78.5 Å². The highest BCUT2D eigenvalue weighted by molar-refractivity contribution is 7.89. The Bertz CT molecular complexity index is 1550. The monoisotopic (exact) mass is 527 g/mol. The molecule has 2 atom stereocenters. The summed E-state index contributed by atoms with van der Waals surface area (Å²) in [7, 11) is -3.78. The number of aryl methyl sites for hydroxylation is 1. The van der Waals surface area contributed by atoms with Gasteiger partial charge in [-0.25, -0.2) is 13.1 Å². The molecule has 2 N–H and O–H groups in total. The lowest BCUT2D eigenvalue weighted by Gasteiger charge is -2.37. The Hall–Kier alpha value is -3.52. The zero-order valence-electron chi connectivity index (χ0n) is 21.7. The molecule has 6 nitrogen and oxygen atoms in total. The zero-order valence-corrected chi connectivity index (χ0v) is 22.5. The van der Waals surface area contributed by atoms with Gasteiger partial charge in [0.15, 0.2) is 0 Å². The van der Waals surface area contributed by atoms with E-state index in [0.29, 0.717) is 22.0 Å². The van der Waals surface area contributed by atoms with Crippen molar-refractivity contribution in [2.45, 2.75) is 37.8 Å². The number of benzene rings is 4. The Morgan fingerprint density at radius 2 is 1.58 bits per heavy atom. The second-order valence-electron chi connectivity index (χ2n) is 10.1. The third-order valence-electron chi connectivity index (χ3n) is 7.36. The van der Waals surface area contributed by atoms with Gasteiger partial charge in [-0.1, -0.05) is 79.7 Å². The van der Waals surface area contributed by atoms with Crippen molar-refractivity contribution >= 4 is 32.4 Å². The van der Waals surface area contributed by atoms with Gasteiger partial charge in [-0.15, -0.1) is 0 Å². The third kappa shape index (κ3) is 5.65. The molecule has 1 heterocycles. The van der Waals surface area contributed by atoms with Crippen LogP contribution in [0.25, 0.3) is 10.8 Å². The van der Waals surface area contributed by atoms with E-state index < -0.39 is 10.0 Å². The summed E-state index contributed by atoms with van der Waals surface area (Å²) < 4.78 is 30.2. The van der Waals surface area contributed by atoms with E-state index in [1.54, 1.807) is 24.3 Å². The van der Waals surface area contributed by atoms with Crippen LogP contribution in [0.1, 0.15) is 34.8 Å². The first-order valence-electron chi connectivity index (χ1n) is 13.0. The molecule has 1 fully saturated rings. The molecule has 1 amide bonds. The molecule has 1 saturated heterocycles. The van der Waals surface area contributed by atoms with Crippen LogP contribution in [0.5, 0.6) is 0 Å². The number of carbonyl (C=O) groups is 1. The molecule has 0 saturated carbocycles. The van der Waals surface area contributed by atoms with Crippen molar-refractivity contribution in [3.05, 3.63) is 108 Å². The molecule has 4 aromatic rings. The Balaban J connectivity index is 1.34. The molecule has 0 aromatic heterocycles. The fraction of sp³-hybridized carbons (Fsp3) is 0.258. The van der Waals surface area contributed by atoms with E-state index in [2.05, 4.69) is 34.0 Å². The largest absolute Gasteiger partial charge is 0.321 e. The average molecular weight is 528 g/mol. The summed E-state index contributed by atoms with van der Waals surface area (Å²) in [6.07, 6.45) is 0.746. The highest BCUT2D eigenvalue weighted by Gasteiger charge is 2.31. The maximum absolute atomic E-state index is 13.6. The van der Waals surface area contributed by atoms with E-state index in [4.69, 9.17) is 0 Å². The number of nitrogens with zero attached hydrogens (tertiary/aromatic N) is 1. The Morgan fingerprint density at radius 1 is 0.895 bits per heavy atom. The van der Waals surface area contributed by atoms with Gasteiger partial charge in [-0.05, 0) is 48.6 Å².